The molecule has 24 heavy (non-hydrogen) atoms. The predicted molar refractivity (Wildman–Crippen MR) is 104 cm³/mol. The smallest absolute Gasteiger partial charge is 0.272 e. The molecule has 2 amide bonds. The van der Waals surface area contributed by atoms with Crippen molar-refractivity contribution in [2.75, 3.05) is 5.33 Å². The van der Waals surface area contributed by atoms with E-state index in [1.165, 1.54) is 11.3 Å². The summed E-state index contributed by atoms with van der Waals surface area (Å²) in [5.74, 6) is -0.697. The quantitative estimate of drug-likeness (QED) is 0.449. The number of aromatic nitrogens is 1. The lowest BCUT2D eigenvalue weighted by Gasteiger charge is -2.14. The molecule has 0 radical (unpaired) electrons. The number of carbonyl (C=O) groups excluding carboxylic acids is 2. The second-order valence-electron chi connectivity index (χ2n) is 4.62. The minimum atomic E-state index is -0.355. The van der Waals surface area contributed by atoms with Crippen LogP contribution in [0.5, 0.6) is 0 Å². The summed E-state index contributed by atoms with van der Waals surface area (Å²) in [6.07, 6.45) is 1.71. The van der Waals surface area contributed by atoms with E-state index in [2.05, 4.69) is 26.3 Å². The molecule has 5 nitrogen and oxygen atoms in total. The van der Waals surface area contributed by atoms with Crippen LogP contribution in [0.3, 0.4) is 0 Å². The van der Waals surface area contributed by atoms with Crippen molar-refractivity contribution in [1.29, 1.82) is 0 Å². The number of thiazole rings is 1. The fourth-order valence-electron chi connectivity index (χ4n) is 2.01. The summed E-state index contributed by atoms with van der Waals surface area (Å²) in [7, 11) is 0. The number of carbonyl (C=O) groups is 2. The van der Waals surface area contributed by atoms with Crippen molar-refractivity contribution in [3.63, 3.8) is 0 Å². The number of nitrogens with one attached hydrogen (secondary N) is 1. The van der Waals surface area contributed by atoms with Gasteiger partial charge in [0.1, 0.15) is 0 Å². The maximum absolute atomic E-state index is 12.4. The third kappa shape index (κ3) is 3.59. The third-order valence-corrected chi connectivity index (χ3v) is 5.75. The molecule has 1 aliphatic heterocycles. The van der Waals surface area contributed by atoms with E-state index in [0.717, 1.165) is 27.2 Å². The van der Waals surface area contributed by atoms with Crippen LogP contribution in [-0.2, 0) is 9.59 Å². The Hall–Kier alpha value is -1.55. The first-order chi connectivity index (χ1) is 11.6. The van der Waals surface area contributed by atoms with Crippen molar-refractivity contribution in [3.8, 4) is 10.4 Å². The van der Waals surface area contributed by atoms with Gasteiger partial charge in [-0.2, -0.15) is 5.01 Å². The first-order valence-electron chi connectivity index (χ1n) is 6.72. The molecule has 2 heterocycles. The minimum Gasteiger partial charge on any atom is -0.272 e. The number of nitrogens with zero attached hydrogens (tertiary/aromatic N) is 2. The zero-order valence-electron chi connectivity index (χ0n) is 12.1. The molecule has 1 aliphatic rings. The molecule has 1 aromatic carbocycles. The summed E-state index contributed by atoms with van der Waals surface area (Å²) in [6, 6.07) is 9.84. The molecule has 1 aromatic heterocycles. The second-order valence-corrected chi connectivity index (χ2v) is 7.71. The average molecular weight is 440 g/mol. The van der Waals surface area contributed by atoms with Gasteiger partial charge in [0.05, 0.1) is 26.3 Å². The Morgan fingerprint density at radius 2 is 2.12 bits per heavy atom. The van der Waals surface area contributed by atoms with Crippen LogP contribution in [-0.4, -0.2) is 31.5 Å². The van der Waals surface area contributed by atoms with E-state index in [-0.39, 0.29) is 21.5 Å². The van der Waals surface area contributed by atoms with Gasteiger partial charge in [-0.25, -0.2) is 4.98 Å². The van der Waals surface area contributed by atoms with Crippen molar-refractivity contribution >= 4 is 73.5 Å². The molecule has 1 saturated heterocycles. The Kier molecular flexibility index (Phi) is 5.44. The average Bonchev–Trinajstić information content (AvgIpc) is 3.16. The fourth-order valence-corrected chi connectivity index (χ4v) is 4.06. The minimum absolute atomic E-state index is 0.0906. The van der Waals surface area contributed by atoms with E-state index in [1.54, 1.807) is 11.6 Å². The van der Waals surface area contributed by atoms with Crippen molar-refractivity contribution in [3.05, 3.63) is 46.4 Å². The van der Waals surface area contributed by atoms with Crippen molar-refractivity contribution in [2.24, 2.45) is 0 Å². The van der Waals surface area contributed by atoms with Crippen LogP contribution in [0.4, 0.5) is 0 Å². The first-order valence-corrected chi connectivity index (χ1v) is 9.95. The summed E-state index contributed by atoms with van der Waals surface area (Å²) in [6.45, 7) is 0. The molecule has 0 saturated carbocycles. The number of hydrogen-bond acceptors (Lipinski definition) is 6. The van der Waals surface area contributed by atoms with Gasteiger partial charge in [-0.05, 0) is 23.9 Å². The number of rotatable bonds is 4. The molecular formula is C15H10BrN3O2S3. The summed E-state index contributed by atoms with van der Waals surface area (Å²) in [4.78, 5) is 29.7. The second kappa shape index (κ2) is 7.56. The van der Waals surface area contributed by atoms with Gasteiger partial charge in [-0.1, -0.05) is 58.0 Å². The molecule has 0 atom stereocenters. The maximum atomic E-state index is 12.4. The first kappa shape index (κ1) is 17.3. The van der Waals surface area contributed by atoms with Gasteiger partial charge in [-0.15, -0.1) is 11.3 Å². The highest BCUT2D eigenvalue weighted by molar-refractivity contribution is 9.09. The van der Waals surface area contributed by atoms with Crippen molar-refractivity contribution in [1.82, 2.24) is 15.4 Å². The number of thioether (sulfide) groups is 1. The molecule has 2 aromatic rings. The van der Waals surface area contributed by atoms with Gasteiger partial charge < -0.3 is 0 Å². The standard InChI is InChI=1S/C15H10BrN3O2S3/c16-7-12(20)18-19-14(21)11(24-15(19)22)6-10-13(23-8-17-10)9-4-2-1-3-5-9/h1-6,8H,7H2,(H,18,20)/b11-6-. The highest BCUT2D eigenvalue weighted by Crippen LogP contribution is 2.34. The van der Waals surface area contributed by atoms with E-state index in [9.17, 15) is 9.59 Å². The highest BCUT2D eigenvalue weighted by Gasteiger charge is 2.33. The summed E-state index contributed by atoms with van der Waals surface area (Å²) in [5.41, 5.74) is 5.94. The van der Waals surface area contributed by atoms with E-state index < -0.39 is 0 Å². The Labute approximate surface area is 160 Å². The van der Waals surface area contributed by atoms with Gasteiger partial charge in [0, 0.05) is 0 Å². The lowest BCUT2D eigenvalue weighted by Crippen LogP contribution is -2.45. The number of halogens is 1. The van der Waals surface area contributed by atoms with Gasteiger partial charge in [-0.3, -0.25) is 15.0 Å². The van der Waals surface area contributed by atoms with E-state index in [4.69, 9.17) is 12.2 Å². The molecule has 0 unspecified atom stereocenters. The topological polar surface area (TPSA) is 62.3 Å². The Morgan fingerprint density at radius 3 is 2.83 bits per heavy atom. The number of amides is 2. The van der Waals surface area contributed by atoms with Crippen molar-refractivity contribution < 1.29 is 9.59 Å². The number of benzene rings is 1. The Balaban J connectivity index is 1.88. The summed E-state index contributed by atoms with van der Waals surface area (Å²) < 4.78 is 0.289. The lowest BCUT2D eigenvalue weighted by atomic mass is 10.1. The number of hydrazine groups is 1. The normalized spacial score (nSPS) is 16.0. The largest absolute Gasteiger partial charge is 0.285 e. The third-order valence-electron chi connectivity index (χ3n) is 3.05. The van der Waals surface area contributed by atoms with Crippen LogP contribution in [0, 0.1) is 0 Å². The molecule has 1 fully saturated rings. The molecule has 122 valence electrons. The summed E-state index contributed by atoms with van der Waals surface area (Å²) >= 11 is 10.8. The van der Waals surface area contributed by atoms with Gasteiger partial charge in [0.25, 0.3) is 5.91 Å². The van der Waals surface area contributed by atoms with Crippen LogP contribution in [0.25, 0.3) is 16.5 Å². The van der Waals surface area contributed by atoms with Crippen LogP contribution in [0.15, 0.2) is 40.7 Å². The van der Waals surface area contributed by atoms with Crippen LogP contribution in [0.2, 0.25) is 0 Å². The molecular weight excluding hydrogens is 430 g/mol. The van der Waals surface area contributed by atoms with Crippen molar-refractivity contribution in [2.45, 2.75) is 0 Å². The lowest BCUT2D eigenvalue weighted by molar-refractivity contribution is -0.131. The van der Waals surface area contributed by atoms with Crippen LogP contribution in [0.1, 0.15) is 5.69 Å². The molecule has 9 heteroatoms. The zero-order valence-corrected chi connectivity index (χ0v) is 16.1. The van der Waals surface area contributed by atoms with Crippen LogP contribution >= 0.6 is 51.2 Å². The number of hydrogen-bond donors (Lipinski definition) is 1. The number of alkyl halides is 1. The molecule has 0 aliphatic carbocycles. The molecule has 3 rings (SSSR count). The number of thiocarbonyl (C=S) groups is 1. The molecule has 1 N–H and O–H groups in total. The van der Waals surface area contributed by atoms with E-state index in [1.807, 2.05) is 30.3 Å². The Morgan fingerprint density at radius 1 is 1.38 bits per heavy atom. The Bertz CT molecular complexity index is 835. The zero-order chi connectivity index (χ0) is 17.1. The molecule has 0 spiro atoms. The SMILES string of the molecule is O=C(CBr)NN1C(=O)/C(=C/c2ncsc2-c2ccccc2)SC1=S. The monoisotopic (exact) mass is 439 g/mol. The van der Waals surface area contributed by atoms with Gasteiger partial charge in [0.2, 0.25) is 5.91 Å². The summed E-state index contributed by atoms with van der Waals surface area (Å²) in [5, 5.41) is 1.18. The highest BCUT2D eigenvalue weighted by atomic mass is 79.9. The predicted octanol–water partition coefficient (Wildman–Crippen LogP) is 3.44. The maximum Gasteiger partial charge on any atom is 0.285 e. The van der Waals surface area contributed by atoms with Gasteiger partial charge >= 0.3 is 0 Å². The van der Waals surface area contributed by atoms with E-state index >= 15 is 0 Å². The fraction of sp³-hybridized carbons (Fsp3) is 0.0667. The molecule has 0 bridgehead atoms. The van der Waals surface area contributed by atoms with Crippen LogP contribution < -0.4 is 5.43 Å². The van der Waals surface area contributed by atoms with E-state index in [0.29, 0.717) is 10.6 Å². The van der Waals surface area contributed by atoms with Gasteiger partial charge in [0.15, 0.2) is 4.32 Å².